The first kappa shape index (κ1) is 11.4. The molecular formula is C10H15N5O2. The first-order chi connectivity index (χ1) is 8.13. The van der Waals surface area contributed by atoms with E-state index in [0.717, 1.165) is 13.0 Å². The van der Waals surface area contributed by atoms with Crippen LogP contribution in [-0.4, -0.2) is 47.5 Å². The minimum Gasteiger partial charge on any atom is -0.490 e. The number of hydrogen-bond donors (Lipinski definition) is 2. The predicted molar refractivity (Wildman–Crippen MR) is 62.7 cm³/mol. The Morgan fingerprint density at radius 2 is 2.35 bits per heavy atom. The van der Waals surface area contributed by atoms with Gasteiger partial charge in [-0.2, -0.15) is 0 Å². The largest absolute Gasteiger partial charge is 0.490 e. The molecule has 0 bridgehead atoms. The van der Waals surface area contributed by atoms with Gasteiger partial charge in [-0.05, 0) is 6.42 Å². The predicted octanol–water partition coefficient (Wildman–Crippen LogP) is -0.290. The number of aromatic nitrogens is 2. The number of hydrogen-bond acceptors (Lipinski definition) is 6. The summed E-state index contributed by atoms with van der Waals surface area (Å²) in [4.78, 5) is 21.3. The van der Waals surface area contributed by atoms with Crippen molar-refractivity contribution in [1.29, 1.82) is 0 Å². The highest BCUT2D eigenvalue weighted by Gasteiger charge is 2.30. The van der Waals surface area contributed by atoms with E-state index in [1.165, 1.54) is 13.4 Å². The summed E-state index contributed by atoms with van der Waals surface area (Å²) in [7, 11) is 3.26. The Kier molecular flexibility index (Phi) is 2.99. The molecule has 1 aliphatic heterocycles. The van der Waals surface area contributed by atoms with Crippen LogP contribution in [0.3, 0.4) is 0 Å². The fourth-order valence-electron chi connectivity index (χ4n) is 1.81. The average Bonchev–Trinajstić information content (AvgIpc) is 2.61. The summed E-state index contributed by atoms with van der Waals surface area (Å²) in [5, 5.41) is 3.03. The lowest BCUT2D eigenvalue weighted by Gasteiger charge is -2.15. The molecule has 17 heavy (non-hydrogen) atoms. The van der Waals surface area contributed by atoms with Crippen LogP contribution in [0.5, 0.6) is 5.75 Å². The number of methoxy groups -OCH3 is 1. The van der Waals surface area contributed by atoms with E-state index in [-0.39, 0.29) is 17.8 Å². The van der Waals surface area contributed by atoms with E-state index in [2.05, 4.69) is 15.3 Å². The van der Waals surface area contributed by atoms with Crippen LogP contribution < -0.4 is 15.8 Å². The minimum absolute atomic E-state index is 0.0456. The number of rotatable bonds is 3. The van der Waals surface area contributed by atoms with Crippen LogP contribution in [0.2, 0.25) is 0 Å². The number of carbonyl (C=O) groups excluding carboxylic acids is 1. The topological polar surface area (TPSA) is 93.4 Å². The second kappa shape index (κ2) is 4.44. The summed E-state index contributed by atoms with van der Waals surface area (Å²) in [5.74, 6) is 1.12. The van der Waals surface area contributed by atoms with Gasteiger partial charge in [0.15, 0.2) is 11.6 Å². The number of anilines is 2. The molecule has 7 heteroatoms. The first-order valence-corrected chi connectivity index (χ1v) is 5.29. The molecule has 1 aromatic rings. The molecule has 1 aromatic heterocycles. The van der Waals surface area contributed by atoms with Crippen molar-refractivity contribution < 1.29 is 9.53 Å². The van der Waals surface area contributed by atoms with E-state index in [1.807, 2.05) is 0 Å². The summed E-state index contributed by atoms with van der Waals surface area (Å²) >= 11 is 0. The summed E-state index contributed by atoms with van der Waals surface area (Å²) in [6.07, 6.45) is 2.08. The minimum atomic E-state index is -0.275. The van der Waals surface area contributed by atoms with Gasteiger partial charge in [-0.3, -0.25) is 4.79 Å². The Morgan fingerprint density at radius 3 is 2.94 bits per heavy atom. The first-order valence-electron chi connectivity index (χ1n) is 5.29. The smallest absolute Gasteiger partial charge is 0.244 e. The maximum atomic E-state index is 11.7. The lowest BCUT2D eigenvalue weighted by molar-refractivity contribution is -0.127. The number of likely N-dealkylation sites (N-methyl/N-ethyl adjacent to an activating group) is 1. The zero-order valence-corrected chi connectivity index (χ0v) is 9.80. The molecule has 0 spiro atoms. The van der Waals surface area contributed by atoms with E-state index < -0.39 is 0 Å². The zero-order chi connectivity index (χ0) is 12.4. The third kappa shape index (κ3) is 2.08. The maximum absolute atomic E-state index is 11.7. The van der Waals surface area contributed by atoms with E-state index >= 15 is 0 Å². The van der Waals surface area contributed by atoms with Crippen LogP contribution in [0.1, 0.15) is 6.42 Å². The van der Waals surface area contributed by atoms with E-state index in [9.17, 15) is 4.79 Å². The van der Waals surface area contributed by atoms with Crippen molar-refractivity contribution in [3.63, 3.8) is 0 Å². The van der Waals surface area contributed by atoms with E-state index in [0.29, 0.717) is 11.6 Å². The van der Waals surface area contributed by atoms with Crippen LogP contribution in [0.4, 0.5) is 11.6 Å². The maximum Gasteiger partial charge on any atom is 0.244 e. The van der Waals surface area contributed by atoms with Gasteiger partial charge < -0.3 is 20.7 Å². The van der Waals surface area contributed by atoms with Crippen molar-refractivity contribution in [3.05, 3.63) is 6.33 Å². The molecular weight excluding hydrogens is 222 g/mol. The van der Waals surface area contributed by atoms with Crippen molar-refractivity contribution in [2.75, 3.05) is 31.8 Å². The van der Waals surface area contributed by atoms with Gasteiger partial charge in [-0.15, -0.1) is 0 Å². The highest BCUT2D eigenvalue weighted by atomic mass is 16.5. The normalized spacial score (nSPS) is 19.5. The molecule has 2 heterocycles. The number of nitrogens with zero attached hydrogens (tertiary/aromatic N) is 3. The summed E-state index contributed by atoms with van der Waals surface area (Å²) < 4.78 is 5.11. The van der Waals surface area contributed by atoms with Gasteiger partial charge in [0.25, 0.3) is 0 Å². The number of ether oxygens (including phenoxy) is 1. The third-order valence-corrected chi connectivity index (χ3v) is 2.77. The van der Waals surface area contributed by atoms with Crippen LogP contribution >= 0.6 is 0 Å². The lowest BCUT2D eigenvalue weighted by atomic mass is 10.2. The number of likely N-dealkylation sites (tertiary alicyclic amines) is 1. The third-order valence-electron chi connectivity index (χ3n) is 2.77. The van der Waals surface area contributed by atoms with Gasteiger partial charge in [0.1, 0.15) is 12.4 Å². The summed E-state index contributed by atoms with van der Waals surface area (Å²) in [6.45, 7) is 0.735. The van der Waals surface area contributed by atoms with E-state index in [4.69, 9.17) is 10.5 Å². The molecule has 0 saturated carbocycles. The Balaban J connectivity index is 2.19. The van der Waals surface area contributed by atoms with Crippen molar-refractivity contribution >= 4 is 17.5 Å². The fraction of sp³-hybridized carbons (Fsp3) is 0.500. The zero-order valence-electron chi connectivity index (χ0n) is 9.80. The molecule has 92 valence electrons. The highest BCUT2D eigenvalue weighted by Crippen LogP contribution is 2.28. The molecule has 2 rings (SSSR count). The number of nitrogens with one attached hydrogen (secondary N) is 1. The fourth-order valence-corrected chi connectivity index (χ4v) is 1.81. The van der Waals surface area contributed by atoms with Gasteiger partial charge in [-0.25, -0.2) is 9.97 Å². The molecule has 1 saturated heterocycles. The van der Waals surface area contributed by atoms with Crippen LogP contribution in [0, 0.1) is 0 Å². The molecule has 0 aliphatic carbocycles. The van der Waals surface area contributed by atoms with Gasteiger partial charge in [0.05, 0.1) is 7.11 Å². The number of nitrogen functional groups attached to an aromatic ring is 1. The molecule has 3 N–H and O–H groups in total. The second-order valence-electron chi connectivity index (χ2n) is 3.89. The molecule has 1 fully saturated rings. The second-order valence-corrected chi connectivity index (χ2v) is 3.89. The van der Waals surface area contributed by atoms with Crippen molar-refractivity contribution in [1.82, 2.24) is 14.9 Å². The van der Waals surface area contributed by atoms with Crippen molar-refractivity contribution in [3.8, 4) is 5.75 Å². The lowest BCUT2D eigenvalue weighted by Crippen LogP contribution is -2.31. The molecule has 1 amide bonds. The Hall–Kier alpha value is -2.05. The number of carbonyl (C=O) groups is 1. The van der Waals surface area contributed by atoms with Crippen LogP contribution in [0.15, 0.2) is 6.33 Å². The van der Waals surface area contributed by atoms with Crippen LogP contribution in [0.25, 0.3) is 0 Å². The molecule has 0 aromatic carbocycles. The Morgan fingerprint density at radius 1 is 1.59 bits per heavy atom. The van der Waals surface area contributed by atoms with Crippen molar-refractivity contribution in [2.24, 2.45) is 0 Å². The quantitative estimate of drug-likeness (QED) is 0.750. The standard InChI is InChI=1S/C10H15N5O2/c1-15-4-3-6(10(15)16)14-9-7(17-2)8(11)12-5-13-9/h5-6H,3-4H2,1-2H3,(H3,11,12,13,14). The Bertz CT molecular complexity index is 437. The van der Waals surface area contributed by atoms with Crippen molar-refractivity contribution in [2.45, 2.75) is 12.5 Å². The molecule has 7 nitrogen and oxygen atoms in total. The number of nitrogens with two attached hydrogens (primary N) is 1. The monoisotopic (exact) mass is 237 g/mol. The highest BCUT2D eigenvalue weighted by molar-refractivity contribution is 5.86. The Labute approximate surface area is 99.0 Å². The summed E-state index contributed by atoms with van der Waals surface area (Å²) in [6, 6.07) is -0.275. The number of amides is 1. The van der Waals surface area contributed by atoms with Gasteiger partial charge in [0, 0.05) is 13.6 Å². The molecule has 0 radical (unpaired) electrons. The van der Waals surface area contributed by atoms with Gasteiger partial charge in [0.2, 0.25) is 11.7 Å². The van der Waals surface area contributed by atoms with Gasteiger partial charge >= 0.3 is 0 Å². The summed E-state index contributed by atoms with van der Waals surface area (Å²) in [5.41, 5.74) is 5.66. The molecule has 1 aliphatic rings. The molecule has 1 unspecified atom stereocenters. The molecule has 1 atom stereocenters. The van der Waals surface area contributed by atoms with Crippen LogP contribution in [-0.2, 0) is 4.79 Å². The average molecular weight is 237 g/mol. The van der Waals surface area contributed by atoms with Gasteiger partial charge in [-0.1, -0.05) is 0 Å². The SMILES string of the molecule is COc1c(N)ncnc1NC1CCN(C)C1=O. The van der Waals surface area contributed by atoms with E-state index in [1.54, 1.807) is 11.9 Å².